The predicted molar refractivity (Wildman–Crippen MR) is 107 cm³/mol. The Morgan fingerprint density at radius 1 is 1.21 bits per heavy atom. The number of anilines is 2. The molecule has 1 aliphatic heterocycles. The van der Waals surface area contributed by atoms with Crippen LogP contribution in [0.5, 0.6) is 11.5 Å². The third kappa shape index (κ3) is 4.23. The molecule has 148 valence electrons. The average molecular weight is 412 g/mol. The van der Waals surface area contributed by atoms with Gasteiger partial charge in [0.25, 0.3) is 0 Å². The van der Waals surface area contributed by atoms with Crippen molar-refractivity contribution in [3.63, 3.8) is 0 Å². The van der Waals surface area contributed by atoms with Gasteiger partial charge in [0.15, 0.2) is 11.5 Å². The lowest BCUT2D eigenvalue weighted by molar-refractivity contribution is 0.199. The van der Waals surface area contributed by atoms with E-state index in [1.54, 1.807) is 19.2 Å². The van der Waals surface area contributed by atoms with E-state index in [0.29, 0.717) is 46.4 Å². The van der Waals surface area contributed by atoms with Gasteiger partial charge in [-0.2, -0.15) is 10.4 Å². The standard InChI is InChI=1S/C19H18ClN7O2/c1-28-15-2-12(20)3-16(29-10-11-6-22-7-11)19(15)14-4-17(27-26-14)25-18-9-23-13(5-21)8-24-18/h2-4,8-9,11,22H,6-7,10H2,1H3,(H2,24,25,26,27). The van der Waals surface area contributed by atoms with E-state index in [1.165, 1.54) is 12.4 Å². The normalized spacial score (nSPS) is 13.4. The Morgan fingerprint density at radius 3 is 2.69 bits per heavy atom. The maximum atomic E-state index is 8.81. The number of methoxy groups -OCH3 is 1. The number of rotatable bonds is 7. The Morgan fingerprint density at radius 2 is 2.03 bits per heavy atom. The molecule has 1 fully saturated rings. The van der Waals surface area contributed by atoms with Crippen molar-refractivity contribution >= 4 is 23.2 Å². The molecule has 9 nitrogen and oxygen atoms in total. The van der Waals surface area contributed by atoms with Crippen LogP contribution >= 0.6 is 11.6 Å². The summed E-state index contributed by atoms with van der Waals surface area (Å²) in [5.41, 5.74) is 1.67. The van der Waals surface area contributed by atoms with Crippen LogP contribution in [-0.2, 0) is 0 Å². The number of nitriles is 1. The second kappa shape index (κ2) is 8.34. The SMILES string of the molecule is COc1cc(Cl)cc(OCC2CNC2)c1-c1cc(Nc2cnc(C#N)cn2)n[nH]1. The summed E-state index contributed by atoms with van der Waals surface area (Å²) < 4.78 is 11.6. The van der Waals surface area contributed by atoms with E-state index in [0.717, 1.165) is 18.7 Å². The molecule has 3 heterocycles. The number of benzene rings is 1. The fourth-order valence-electron chi connectivity index (χ4n) is 2.87. The Bertz CT molecular complexity index is 1040. The van der Waals surface area contributed by atoms with Crippen LogP contribution in [0.25, 0.3) is 11.3 Å². The van der Waals surface area contributed by atoms with Crippen LogP contribution in [-0.4, -0.2) is 47.0 Å². The van der Waals surface area contributed by atoms with Gasteiger partial charge in [0.05, 0.1) is 37.4 Å². The first kappa shape index (κ1) is 19.0. The Kier molecular flexibility index (Phi) is 5.46. The molecular weight excluding hydrogens is 394 g/mol. The molecule has 3 aromatic rings. The van der Waals surface area contributed by atoms with E-state index in [4.69, 9.17) is 26.3 Å². The molecule has 10 heteroatoms. The lowest BCUT2D eigenvalue weighted by Crippen LogP contribution is -2.45. The third-order valence-electron chi connectivity index (χ3n) is 4.46. The summed E-state index contributed by atoms with van der Waals surface area (Å²) in [5.74, 6) is 2.67. The van der Waals surface area contributed by atoms with Crippen LogP contribution in [0.2, 0.25) is 5.02 Å². The van der Waals surface area contributed by atoms with E-state index in [2.05, 4.69) is 30.8 Å². The maximum absolute atomic E-state index is 8.81. The van der Waals surface area contributed by atoms with E-state index in [1.807, 2.05) is 12.1 Å². The summed E-state index contributed by atoms with van der Waals surface area (Å²) in [6.45, 7) is 2.47. The van der Waals surface area contributed by atoms with Crippen LogP contribution in [0.1, 0.15) is 5.69 Å². The van der Waals surface area contributed by atoms with Crippen LogP contribution in [0.3, 0.4) is 0 Å². The molecule has 0 radical (unpaired) electrons. The lowest BCUT2D eigenvalue weighted by atomic mass is 10.1. The molecule has 1 aliphatic rings. The molecule has 0 spiro atoms. The molecule has 0 unspecified atom stereocenters. The predicted octanol–water partition coefficient (Wildman–Crippen LogP) is 2.74. The first-order valence-electron chi connectivity index (χ1n) is 8.92. The molecule has 0 aliphatic carbocycles. The van der Waals surface area contributed by atoms with Crippen molar-refractivity contribution in [3.8, 4) is 28.8 Å². The van der Waals surface area contributed by atoms with E-state index >= 15 is 0 Å². The van der Waals surface area contributed by atoms with Gasteiger partial charge in [-0.25, -0.2) is 9.97 Å². The van der Waals surface area contributed by atoms with Crippen molar-refractivity contribution in [1.82, 2.24) is 25.5 Å². The molecule has 1 aromatic carbocycles. The highest BCUT2D eigenvalue weighted by molar-refractivity contribution is 6.31. The summed E-state index contributed by atoms with van der Waals surface area (Å²) >= 11 is 6.24. The smallest absolute Gasteiger partial charge is 0.158 e. The van der Waals surface area contributed by atoms with Gasteiger partial charge in [-0.15, -0.1) is 0 Å². The minimum Gasteiger partial charge on any atom is -0.496 e. The van der Waals surface area contributed by atoms with E-state index in [9.17, 15) is 0 Å². The molecule has 0 saturated carbocycles. The third-order valence-corrected chi connectivity index (χ3v) is 4.68. The molecule has 2 aromatic heterocycles. The lowest BCUT2D eigenvalue weighted by Gasteiger charge is -2.27. The Labute approximate surface area is 172 Å². The van der Waals surface area contributed by atoms with Crippen molar-refractivity contribution in [1.29, 1.82) is 5.26 Å². The zero-order valence-electron chi connectivity index (χ0n) is 15.6. The zero-order chi connectivity index (χ0) is 20.2. The van der Waals surface area contributed by atoms with Crippen molar-refractivity contribution < 1.29 is 9.47 Å². The summed E-state index contributed by atoms with van der Waals surface area (Å²) in [4.78, 5) is 8.11. The highest BCUT2D eigenvalue weighted by atomic mass is 35.5. The number of nitrogens with zero attached hydrogens (tertiary/aromatic N) is 4. The van der Waals surface area contributed by atoms with Gasteiger partial charge in [0, 0.05) is 30.1 Å². The van der Waals surface area contributed by atoms with Crippen molar-refractivity contribution in [2.24, 2.45) is 5.92 Å². The van der Waals surface area contributed by atoms with Crippen LogP contribution in [0.15, 0.2) is 30.6 Å². The van der Waals surface area contributed by atoms with Crippen molar-refractivity contribution in [2.45, 2.75) is 0 Å². The van der Waals surface area contributed by atoms with Gasteiger partial charge in [0.2, 0.25) is 0 Å². The minimum absolute atomic E-state index is 0.243. The second-order valence-electron chi connectivity index (χ2n) is 6.51. The van der Waals surface area contributed by atoms with E-state index in [-0.39, 0.29) is 5.69 Å². The topological polar surface area (TPSA) is 121 Å². The molecule has 29 heavy (non-hydrogen) atoms. The van der Waals surface area contributed by atoms with Crippen LogP contribution in [0.4, 0.5) is 11.6 Å². The summed E-state index contributed by atoms with van der Waals surface area (Å²) in [5, 5.41) is 22.9. The van der Waals surface area contributed by atoms with Crippen LogP contribution < -0.4 is 20.1 Å². The molecule has 0 amide bonds. The van der Waals surface area contributed by atoms with E-state index < -0.39 is 0 Å². The summed E-state index contributed by atoms with van der Waals surface area (Å²) in [6, 6.07) is 7.24. The molecule has 0 bridgehead atoms. The van der Waals surface area contributed by atoms with Gasteiger partial charge in [0.1, 0.15) is 23.4 Å². The first-order chi connectivity index (χ1) is 14.2. The molecule has 4 rings (SSSR count). The highest BCUT2D eigenvalue weighted by Crippen LogP contribution is 2.41. The molecular formula is C19H18ClN7O2. The number of H-pyrrole nitrogens is 1. The number of nitrogens with one attached hydrogen (secondary N) is 3. The summed E-state index contributed by atoms with van der Waals surface area (Å²) in [6.07, 6.45) is 2.86. The van der Waals surface area contributed by atoms with Crippen molar-refractivity contribution in [2.75, 3.05) is 32.1 Å². The van der Waals surface area contributed by atoms with Gasteiger partial charge >= 0.3 is 0 Å². The average Bonchev–Trinajstić information content (AvgIpc) is 3.14. The monoisotopic (exact) mass is 411 g/mol. The fraction of sp³-hybridized carbons (Fsp3) is 0.263. The molecule has 3 N–H and O–H groups in total. The van der Waals surface area contributed by atoms with Crippen LogP contribution in [0, 0.1) is 17.2 Å². The maximum Gasteiger partial charge on any atom is 0.158 e. The number of aromatic amines is 1. The number of halogens is 1. The van der Waals surface area contributed by atoms with Gasteiger partial charge in [-0.05, 0) is 12.1 Å². The number of ether oxygens (including phenoxy) is 2. The van der Waals surface area contributed by atoms with Gasteiger partial charge in [-0.3, -0.25) is 5.10 Å². The number of aromatic nitrogens is 4. The largest absolute Gasteiger partial charge is 0.496 e. The number of hydrogen-bond acceptors (Lipinski definition) is 8. The highest BCUT2D eigenvalue weighted by Gasteiger charge is 2.21. The Balaban J connectivity index is 1.60. The Hall–Kier alpha value is -3.35. The molecule has 0 atom stereocenters. The van der Waals surface area contributed by atoms with Gasteiger partial charge in [-0.1, -0.05) is 11.6 Å². The minimum atomic E-state index is 0.243. The zero-order valence-corrected chi connectivity index (χ0v) is 16.3. The van der Waals surface area contributed by atoms with Gasteiger partial charge < -0.3 is 20.1 Å². The fourth-order valence-corrected chi connectivity index (χ4v) is 3.07. The quantitative estimate of drug-likeness (QED) is 0.542. The number of hydrogen-bond donors (Lipinski definition) is 3. The second-order valence-corrected chi connectivity index (χ2v) is 6.94. The molecule has 1 saturated heterocycles. The first-order valence-corrected chi connectivity index (χ1v) is 9.30. The summed E-state index contributed by atoms with van der Waals surface area (Å²) in [7, 11) is 1.58. The van der Waals surface area contributed by atoms with Crippen molar-refractivity contribution in [3.05, 3.63) is 41.3 Å².